The highest BCUT2D eigenvalue weighted by Gasteiger charge is 2.30. The van der Waals surface area contributed by atoms with Crippen molar-refractivity contribution in [2.45, 2.75) is 32.0 Å². The molecule has 10 heteroatoms. The Hall–Kier alpha value is -2.27. The lowest BCUT2D eigenvalue weighted by molar-refractivity contribution is 0.100. The summed E-state index contributed by atoms with van der Waals surface area (Å²) >= 11 is 8.55. The highest BCUT2D eigenvalue weighted by molar-refractivity contribution is 7.80. The molecule has 5 heterocycles. The molecule has 0 spiro atoms. The summed E-state index contributed by atoms with van der Waals surface area (Å²) in [5.41, 5.74) is 15.4. The van der Waals surface area contributed by atoms with Gasteiger partial charge in [-0.25, -0.2) is 4.98 Å². The summed E-state index contributed by atoms with van der Waals surface area (Å²) in [5.74, 6) is -0.520. The normalized spacial score (nSPS) is 18.1. The lowest BCUT2D eigenvalue weighted by atomic mass is 10.0. The second-order valence-electron chi connectivity index (χ2n) is 7.46. The van der Waals surface area contributed by atoms with Gasteiger partial charge in [0.25, 0.3) is 5.91 Å². The maximum atomic E-state index is 11.8. The van der Waals surface area contributed by atoms with Crippen LogP contribution in [-0.2, 0) is 17.8 Å². The minimum absolute atomic E-state index is 0.227. The smallest absolute Gasteiger partial charge is 0.260 e. The molecule has 1 amide bonds. The molecule has 0 aliphatic carbocycles. The van der Waals surface area contributed by atoms with Crippen LogP contribution in [0.25, 0.3) is 20.7 Å². The second-order valence-corrected chi connectivity index (χ2v) is 9.79. The molecule has 2 aliphatic heterocycles. The van der Waals surface area contributed by atoms with Crippen molar-refractivity contribution < 1.29 is 9.53 Å². The van der Waals surface area contributed by atoms with Crippen LogP contribution in [0.4, 0.5) is 5.69 Å². The van der Waals surface area contributed by atoms with Crippen molar-refractivity contribution in [1.82, 2.24) is 15.2 Å². The number of aromatic nitrogens is 1. The summed E-state index contributed by atoms with van der Waals surface area (Å²) in [6.45, 7) is 2.81. The number of carbonyl (C=O) groups is 1. The van der Waals surface area contributed by atoms with E-state index in [2.05, 4.69) is 16.3 Å². The van der Waals surface area contributed by atoms with Gasteiger partial charge in [0.15, 0.2) is 5.11 Å². The number of rotatable bonds is 4. The molecule has 0 radical (unpaired) electrons. The van der Waals surface area contributed by atoms with Crippen LogP contribution in [0.1, 0.15) is 33.8 Å². The minimum Gasteiger partial charge on any atom is -0.397 e. The van der Waals surface area contributed by atoms with E-state index in [1.165, 1.54) is 11.3 Å². The van der Waals surface area contributed by atoms with Gasteiger partial charge >= 0.3 is 0 Å². The molecule has 0 aromatic carbocycles. The zero-order chi connectivity index (χ0) is 20.8. The number of hydrogen-bond acceptors (Lipinski definition) is 7. The fraction of sp³-hybridized carbons (Fsp3) is 0.350. The Morgan fingerprint density at radius 2 is 2.30 bits per heavy atom. The number of nitrogens with zero attached hydrogens (tertiary/aromatic N) is 2. The minimum atomic E-state index is -0.520. The van der Waals surface area contributed by atoms with Crippen LogP contribution >= 0.6 is 34.9 Å². The molecule has 156 valence electrons. The van der Waals surface area contributed by atoms with Gasteiger partial charge in [0.05, 0.1) is 24.0 Å². The summed E-state index contributed by atoms with van der Waals surface area (Å²) in [6, 6.07) is 4.08. The lowest BCUT2D eigenvalue weighted by Gasteiger charge is -2.21. The second kappa shape index (κ2) is 7.77. The van der Waals surface area contributed by atoms with E-state index in [1.807, 2.05) is 11.4 Å². The van der Waals surface area contributed by atoms with Crippen LogP contribution in [0.5, 0.6) is 0 Å². The maximum absolute atomic E-state index is 11.8. The van der Waals surface area contributed by atoms with Gasteiger partial charge in [-0.3, -0.25) is 4.79 Å². The molecule has 1 saturated heterocycles. The molecule has 5 rings (SSSR count). The lowest BCUT2D eigenvalue weighted by Crippen LogP contribution is -2.40. The molecule has 1 unspecified atom stereocenters. The van der Waals surface area contributed by atoms with Crippen molar-refractivity contribution >= 4 is 61.8 Å². The molecule has 0 saturated carbocycles. The van der Waals surface area contributed by atoms with Gasteiger partial charge in [-0.1, -0.05) is 6.07 Å². The maximum Gasteiger partial charge on any atom is 0.260 e. The summed E-state index contributed by atoms with van der Waals surface area (Å²) in [5, 5.41) is 6.90. The van der Waals surface area contributed by atoms with Crippen molar-refractivity contribution in [1.29, 1.82) is 0 Å². The highest BCUT2D eigenvalue weighted by atomic mass is 32.1. The molecular formula is C20H21N5O2S3. The molecule has 3 aromatic rings. The number of nitrogen functional groups attached to an aromatic ring is 1. The number of ether oxygens (including phenoxy) is 1. The molecule has 3 aromatic heterocycles. The van der Waals surface area contributed by atoms with E-state index < -0.39 is 5.91 Å². The van der Waals surface area contributed by atoms with Crippen LogP contribution in [0.3, 0.4) is 0 Å². The van der Waals surface area contributed by atoms with Crippen LogP contribution in [0.15, 0.2) is 17.5 Å². The van der Waals surface area contributed by atoms with E-state index in [9.17, 15) is 4.79 Å². The molecule has 1 fully saturated rings. The number of anilines is 1. The first-order valence-corrected chi connectivity index (χ1v) is 11.8. The first kappa shape index (κ1) is 19.7. The van der Waals surface area contributed by atoms with Gasteiger partial charge in [0.1, 0.15) is 9.71 Å². The number of pyridine rings is 1. The highest BCUT2D eigenvalue weighted by Crippen LogP contribution is 2.45. The van der Waals surface area contributed by atoms with Crippen molar-refractivity contribution in [3.8, 4) is 10.4 Å². The standard InChI is InChI=1S/C20H21N5O2S3/c21-16-15-14(13-4-2-6-29-13)11-8-25(20(28)23-7-10-3-1-5-27-10)9-12(11)24-19(15)30-17(16)18(22)26/h2,4,6,10H,1,3,5,7-9,21H2,(H2,22,26)(H,23,28). The average molecular weight is 460 g/mol. The number of nitrogens with one attached hydrogen (secondary N) is 1. The van der Waals surface area contributed by atoms with E-state index in [1.54, 1.807) is 11.3 Å². The first-order valence-electron chi connectivity index (χ1n) is 9.74. The summed E-state index contributed by atoms with van der Waals surface area (Å²) in [7, 11) is 0. The molecule has 2 aliphatic rings. The number of hydrogen-bond donors (Lipinski definition) is 3. The zero-order valence-electron chi connectivity index (χ0n) is 16.1. The Kier molecular flexibility index (Phi) is 5.10. The molecular weight excluding hydrogens is 438 g/mol. The van der Waals surface area contributed by atoms with Gasteiger partial charge in [0.2, 0.25) is 0 Å². The molecule has 0 bridgehead atoms. The fourth-order valence-corrected chi connectivity index (χ4v) is 6.10. The number of thiophene rings is 2. The monoisotopic (exact) mass is 459 g/mol. The third-order valence-corrected chi connectivity index (χ3v) is 7.94. The topological polar surface area (TPSA) is 106 Å². The summed E-state index contributed by atoms with van der Waals surface area (Å²) in [6.07, 6.45) is 2.40. The predicted molar refractivity (Wildman–Crippen MR) is 125 cm³/mol. The molecule has 30 heavy (non-hydrogen) atoms. The summed E-state index contributed by atoms with van der Waals surface area (Å²) < 4.78 is 5.68. The molecule has 1 atom stereocenters. The van der Waals surface area contributed by atoms with Crippen LogP contribution in [0, 0.1) is 0 Å². The molecule has 7 nitrogen and oxygen atoms in total. The van der Waals surface area contributed by atoms with Crippen molar-refractivity contribution in [3.63, 3.8) is 0 Å². The third kappa shape index (κ3) is 3.33. The van der Waals surface area contributed by atoms with Crippen LogP contribution < -0.4 is 16.8 Å². The van der Waals surface area contributed by atoms with Gasteiger partial charge < -0.3 is 26.4 Å². The van der Waals surface area contributed by atoms with E-state index in [0.717, 1.165) is 57.9 Å². The molecule has 5 N–H and O–H groups in total. The van der Waals surface area contributed by atoms with Gasteiger partial charge in [-0.05, 0) is 36.5 Å². The quantitative estimate of drug-likeness (QED) is 0.515. The fourth-order valence-electron chi connectivity index (χ4n) is 4.10. The van der Waals surface area contributed by atoms with Crippen LogP contribution in [-0.4, -0.2) is 40.2 Å². The average Bonchev–Trinajstić information content (AvgIpc) is 3.50. The number of thiocarbonyl (C=S) groups is 1. The van der Waals surface area contributed by atoms with Gasteiger partial charge in [-0.15, -0.1) is 22.7 Å². The zero-order valence-corrected chi connectivity index (χ0v) is 18.6. The summed E-state index contributed by atoms with van der Waals surface area (Å²) in [4.78, 5) is 21.0. The Labute approximate surface area is 187 Å². The van der Waals surface area contributed by atoms with Gasteiger partial charge in [0, 0.05) is 41.1 Å². The number of nitrogens with two attached hydrogens (primary N) is 2. The third-order valence-electron chi connectivity index (χ3n) is 5.54. The van der Waals surface area contributed by atoms with E-state index in [4.69, 9.17) is 33.4 Å². The van der Waals surface area contributed by atoms with Crippen molar-refractivity contribution in [2.75, 3.05) is 18.9 Å². The van der Waals surface area contributed by atoms with Crippen molar-refractivity contribution in [2.24, 2.45) is 5.73 Å². The number of primary amides is 1. The Balaban J connectivity index is 1.51. The number of carbonyl (C=O) groups excluding carboxylic acids is 1. The Morgan fingerprint density at radius 3 is 3.00 bits per heavy atom. The number of fused-ring (bicyclic) bond motifs is 2. The number of amides is 1. The predicted octanol–water partition coefficient (Wildman–Crippen LogP) is 3.08. The van der Waals surface area contributed by atoms with Gasteiger partial charge in [-0.2, -0.15) is 0 Å². The Morgan fingerprint density at radius 1 is 1.43 bits per heavy atom. The first-order chi connectivity index (χ1) is 14.5. The Bertz CT molecular complexity index is 1140. The van der Waals surface area contributed by atoms with E-state index >= 15 is 0 Å². The van der Waals surface area contributed by atoms with E-state index in [0.29, 0.717) is 28.8 Å². The van der Waals surface area contributed by atoms with Crippen LogP contribution in [0.2, 0.25) is 0 Å². The van der Waals surface area contributed by atoms with E-state index in [-0.39, 0.29) is 6.10 Å². The largest absolute Gasteiger partial charge is 0.397 e. The SMILES string of the molecule is NC(=O)c1sc2nc3c(c(-c4cccs4)c2c1N)CN(C(=S)NCC1CCCO1)C3. The van der Waals surface area contributed by atoms with Crippen molar-refractivity contribution in [3.05, 3.63) is 33.6 Å².